The number of halogens is 1. The molecule has 3 rings (SSSR count). The third-order valence-electron chi connectivity index (χ3n) is 3.74. The van der Waals surface area contributed by atoms with Gasteiger partial charge in [0, 0.05) is 0 Å². The van der Waals surface area contributed by atoms with E-state index in [1.54, 1.807) is 12.1 Å². The molecule has 3 heteroatoms. The molecule has 2 nitrogen and oxygen atoms in total. The number of fused-ring (bicyclic) bond motifs is 1. The Labute approximate surface area is 118 Å². The van der Waals surface area contributed by atoms with Crippen molar-refractivity contribution < 1.29 is 9.13 Å². The van der Waals surface area contributed by atoms with Gasteiger partial charge in [-0.3, -0.25) is 0 Å². The highest BCUT2D eigenvalue weighted by Gasteiger charge is 2.16. The first-order chi connectivity index (χ1) is 9.78. The Morgan fingerprint density at radius 3 is 2.80 bits per heavy atom. The van der Waals surface area contributed by atoms with Gasteiger partial charge in [-0.05, 0) is 54.8 Å². The van der Waals surface area contributed by atoms with Crippen molar-refractivity contribution >= 4 is 0 Å². The van der Waals surface area contributed by atoms with Gasteiger partial charge in [0.2, 0.25) is 0 Å². The smallest absolute Gasteiger partial charge is 0.123 e. The molecule has 0 bridgehead atoms. The molecule has 1 aliphatic heterocycles. The Morgan fingerprint density at radius 2 is 2.00 bits per heavy atom. The minimum absolute atomic E-state index is 0.00192. The van der Waals surface area contributed by atoms with Crippen LogP contribution in [0.15, 0.2) is 42.5 Å². The van der Waals surface area contributed by atoms with Crippen LogP contribution in [0.5, 0.6) is 5.75 Å². The summed E-state index contributed by atoms with van der Waals surface area (Å²) in [5.74, 6) is 0.776. The van der Waals surface area contributed by atoms with Crippen LogP contribution in [0.2, 0.25) is 0 Å². The molecule has 0 amide bonds. The molecule has 0 aromatic heterocycles. The van der Waals surface area contributed by atoms with Crippen LogP contribution in [0.1, 0.15) is 29.2 Å². The molecule has 2 aromatic rings. The molecular formula is C17H18FNO. The van der Waals surface area contributed by atoms with E-state index in [9.17, 15) is 4.39 Å². The highest BCUT2D eigenvalue weighted by Crippen LogP contribution is 2.30. The van der Waals surface area contributed by atoms with E-state index in [2.05, 4.69) is 17.4 Å². The molecule has 2 aromatic carbocycles. The van der Waals surface area contributed by atoms with Crippen molar-refractivity contribution in [1.82, 2.24) is 5.32 Å². The number of rotatable bonds is 3. The Morgan fingerprint density at radius 1 is 1.15 bits per heavy atom. The SMILES string of the molecule is CNC(c1cccc(F)c1)c1ccc2c(c1)CCCO2. The van der Waals surface area contributed by atoms with E-state index in [0.29, 0.717) is 0 Å². The predicted molar refractivity (Wildman–Crippen MR) is 77.6 cm³/mol. The van der Waals surface area contributed by atoms with E-state index in [4.69, 9.17) is 4.74 Å². The Kier molecular flexibility index (Phi) is 3.70. The molecule has 0 fully saturated rings. The fourth-order valence-corrected chi connectivity index (χ4v) is 2.77. The fraction of sp³-hybridized carbons (Fsp3) is 0.294. The largest absolute Gasteiger partial charge is 0.493 e. The molecule has 20 heavy (non-hydrogen) atoms. The van der Waals surface area contributed by atoms with Crippen LogP contribution in [0, 0.1) is 5.82 Å². The first kappa shape index (κ1) is 13.1. The third-order valence-corrected chi connectivity index (χ3v) is 3.74. The van der Waals surface area contributed by atoms with Gasteiger partial charge >= 0.3 is 0 Å². The second kappa shape index (κ2) is 5.63. The lowest BCUT2D eigenvalue weighted by molar-refractivity contribution is 0.288. The van der Waals surface area contributed by atoms with Crippen LogP contribution >= 0.6 is 0 Å². The minimum atomic E-state index is -0.205. The minimum Gasteiger partial charge on any atom is -0.493 e. The van der Waals surface area contributed by atoms with Crippen LogP contribution in [0.3, 0.4) is 0 Å². The Hall–Kier alpha value is -1.87. The van der Waals surface area contributed by atoms with Gasteiger partial charge in [0.25, 0.3) is 0 Å². The van der Waals surface area contributed by atoms with E-state index < -0.39 is 0 Å². The maximum Gasteiger partial charge on any atom is 0.123 e. The summed E-state index contributed by atoms with van der Waals surface area (Å²) in [4.78, 5) is 0. The van der Waals surface area contributed by atoms with Crippen LogP contribution in [-0.4, -0.2) is 13.7 Å². The van der Waals surface area contributed by atoms with Crippen LogP contribution in [0.25, 0.3) is 0 Å². The number of aryl methyl sites for hydroxylation is 1. The maximum atomic E-state index is 13.4. The second-order valence-corrected chi connectivity index (χ2v) is 5.10. The molecule has 1 atom stereocenters. The second-order valence-electron chi connectivity index (χ2n) is 5.10. The lowest BCUT2D eigenvalue weighted by Crippen LogP contribution is -2.18. The van der Waals surface area contributed by atoms with Gasteiger partial charge in [-0.25, -0.2) is 4.39 Å². The van der Waals surface area contributed by atoms with E-state index >= 15 is 0 Å². The summed E-state index contributed by atoms with van der Waals surface area (Å²) >= 11 is 0. The van der Waals surface area contributed by atoms with E-state index in [-0.39, 0.29) is 11.9 Å². The average Bonchev–Trinajstić information content (AvgIpc) is 2.48. The number of hydrogen-bond acceptors (Lipinski definition) is 2. The van der Waals surface area contributed by atoms with Crippen molar-refractivity contribution in [2.45, 2.75) is 18.9 Å². The van der Waals surface area contributed by atoms with E-state index in [1.807, 2.05) is 19.2 Å². The number of hydrogen-bond donors (Lipinski definition) is 1. The first-order valence-electron chi connectivity index (χ1n) is 6.96. The number of nitrogens with one attached hydrogen (secondary N) is 1. The van der Waals surface area contributed by atoms with E-state index in [0.717, 1.165) is 36.3 Å². The summed E-state index contributed by atoms with van der Waals surface area (Å²) in [7, 11) is 1.89. The first-order valence-corrected chi connectivity index (χ1v) is 6.96. The Bertz CT molecular complexity index is 612. The summed E-state index contributed by atoms with van der Waals surface area (Å²) < 4.78 is 19.0. The van der Waals surface area contributed by atoms with Crippen LogP contribution < -0.4 is 10.1 Å². The lowest BCUT2D eigenvalue weighted by Gasteiger charge is -2.22. The van der Waals surface area contributed by atoms with Crippen molar-refractivity contribution in [2.24, 2.45) is 0 Å². The average molecular weight is 271 g/mol. The summed E-state index contributed by atoms with van der Waals surface area (Å²) in [6.45, 7) is 0.797. The summed E-state index contributed by atoms with van der Waals surface area (Å²) in [6.07, 6.45) is 2.10. The number of benzene rings is 2. The molecule has 0 aliphatic carbocycles. The van der Waals surface area contributed by atoms with Crippen molar-refractivity contribution in [3.05, 3.63) is 65.0 Å². The fourth-order valence-electron chi connectivity index (χ4n) is 2.77. The number of ether oxygens (including phenoxy) is 1. The molecule has 1 N–H and O–H groups in total. The summed E-state index contributed by atoms with van der Waals surface area (Å²) in [6, 6.07) is 13.0. The molecule has 1 aliphatic rings. The lowest BCUT2D eigenvalue weighted by atomic mass is 9.95. The zero-order chi connectivity index (χ0) is 13.9. The predicted octanol–water partition coefficient (Wildman–Crippen LogP) is 3.46. The topological polar surface area (TPSA) is 21.3 Å². The normalized spacial score (nSPS) is 15.3. The van der Waals surface area contributed by atoms with Crippen LogP contribution in [0.4, 0.5) is 4.39 Å². The third kappa shape index (κ3) is 2.54. The van der Waals surface area contributed by atoms with Gasteiger partial charge < -0.3 is 10.1 Å². The summed E-state index contributed by atoms with van der Waals surface area (Å²) in [5, 5.41) is 3.26. The van der Waals surface area contributed by atoms with Gasteiger partial charge in [0.05, 0.1) is 12.6 Å². The molecule has 1 unspecified atom stereocenters. The zero-order valence-corrected chi connectivity index (χ0v) is 11.5. The monoisotopic (exact) mass is 271 g/mol. The quantitative estimate of drug-likeness (QED) is 0.923. The highest BCUT2D eigenvalue weighted by atomic mass is 19.1. The molecule has 0 radical (unpaired) electrons. The van der Waals surface area contributed by atoms with E-state index in [1.165, 1.54) is 11.6 Å². The van der Waals surface area contributed by atoms with Gasteiger partial charge in [-0.1, -0.05) is 24.3 Å². The highest BCUT2D eigenvalue weighted by molar-refractivity contribution is 5.42. The van der Waals surface area contributed by atoms with Gasteiger partial charge in [-0.2, -0.15) is 0 Å². The molecule has 1 heterocycles. The van der Waals surface area contributed by atoms with Crippen LogP contribution in [-0.2, 0) is 6.42 Å². The Balaban J connectivity index is 1.97. The van der Waals surface area contributed by atoms with Crippen molar-refractivity contribution in [1.29, 1.82) is 0 Å². The molecule has 0 saturated heterocycles. The zero-order valence-electron chi connectivity index (χ0n) is 11.5. The van der Waals surface area contributed by atoms with Gasteiger partial charge in [0.1, 0.15) is 11.6 Å². The van der Waals surface area contributed by atoms with Crippen molar-refractivity contribution in [2.75, 3.05) is 13.7 Å². The molecule has 0 saturated carbocycles. The maximum absolute atomic E-state index is 13.4. The molecule has 104 valence electrons. The van der Waals surface area contributed by atoms with Crippen molar-refractivity contribution in [3.63, 3.8) is 0 Å². The standard InChI is InChI=1S/C17H18FNO/c1-19-17(13-4-2-6-15(18)11-13)14-7-8-16-12(10-14)5-3-9-20-16/h2,4,6-8,10-11,17,19H,3,5,9H2,1H3. The van der Waals surface area contributed by atoms with Gasteiger partial charge in [-0.15, -0.1) is 0 Å². The van der Waals surface area contributed by atoms with Gasteiger partial charge in [0.15, 0.2) is 0 Å². The molecular weight excluding hydrogens is 253 g/mol. The summed E-state index contributed by atoms with van der Waals surface area (Å²) in [5.41, 5.74) is 3.32. The molecule has 0 spiro atoms. The van der Waals surface area contributed by atoms with Crippen molar-refractivity contribution in [3.8, 4) is 5.75 Å².